The fraction of sp³-hybridized carbons (Fsp3) is 0.421. The van der Waals surface area contributed by atoms with Crippen molar-refractivity contribution in [1.82, 2.24) is 15.4 Å². The molecule has 0 aliphatic carbocycles. The van der Waals surface area contributed by atoms with Crippen LogP contribution in [0.1, 0.15) is 35.9 Å². The molecule has 1 atom stereocenters. The fourth-order valence-electron chi connectivity index (χ4n) is 3.78. The van der Waals surface area contributed by atoms with Gasteiger partial charge in [0.25, 0.3) is 0 Å². The lowest BCUT2D eigenvalue weighted by atomic mass is 10.1. The van der Waals surface area contributed by atoms with Gasteiger partial charge in [0.05, 0.1) is 18.2 Å². The number of aromatic nitrogens is 1. The summed E-state index contributed by atoms with van der Waals surface area (Å²) in [6.45, 7) is 3.46. The number of amides is 3. The topological polar surface area (TPSA) is 78.7 Å². The zero-order valence-electron chi connectivity index (χ0n) is 14.8. The third-order valence-corrected chi connectivity index (χ3v) is 5.03. The van der Waals surface area contributed by atoms with Gasteiger partial charge < -0.3 is 19.6 Å². The monoisotopic (exact) mass is 354 g/mol. The standard InChI is InChI=1S/C19H22N4O3/c1-13-11-17(26-21-13)16-7-4-9-23(16)19(25)20-8-10-22-15-6-3-2-5-14(15)12-18(22)24/h2-3,5-6,11,16H,4,7-10,12H2,1H3,(H,20,25). The van der Waals surface area contributed by atoms with E-state index in [0.29, 0.717) is 26.1 Å². The summed E-state index contributed by atoms with van der Waals surface area (Å²) in [4.78, 5) is 28.3. The highest BCUT2D eigenvalue weighted by atomic mass is 16.5. The molecule has 3 heterocycles. The molecule has 2 aromatic rings. The molecular formula is C19H22N4O3. The summed E-state index contributed by atoms with van der Waals surface area (Å²) in [5.74, 6) is 0.815. The van der Waals surface area contributed by atoms with Crippen LogP contribution in [0.4, 0.5) is 10.5 Å². The van der Waals surface area contributed by atoms with Crippen molar-refractivity contribution < 1.29 is 14.1 Å². The highest BCUT2D eigenvalue weighted by molar-refractivity contribution is 6.01. The van der Waals surface area contributed by atoms with Crippen LogP contribution in [0.3, 0.4) is 0 Å². The molecule has 136 valence electrons. The minimum Gasteiger partial charge on any atom is -0.359 e. The van der Waals surface area contributed by atoms with Crippen LogP contribution in [0.5, 0.6) is 0 Å². The van der Waals surface area contributed by atoms with Gasteiger partial charge in [-0.1, -0.05) is 23.4 Å². The number of hydrogen-bond acceptors (Lipinski definition) is 4. The average Bonchev–Trinajstić information content (AvgIpc) is 3.33. The van der Waals surface area contributed by atoms with Gasteiger partial charge in [0, 0.05) is 31.4 Å². The fourth-order valence-corrected chi connectivity index (χ4v) is 3.78. The van der Waals surface area contributed by atoms with E-state index >= 15 is 0 Å². The second-order valence-electron chi connectivity index (χ2n) is 6.80. The Morgan fingerprint density at radius 1 is 1.38 bits per heavy atom. The van der Waals surface area contributed by atoms with E-state index in [0.717, 1.165) is 35.5 Å². The number of nitrogens with one attached hydrogen (secondary N) is 1. The second kappa shape index (κ2) is 6.82. The van der Waals surface area contributed by atoms with Gasteiger partial charge >= 0.3 is 6.03 Å². The number of urea groups is 1. The Morgan fingerprint density at radius 2 is 2.23 bits per heavy atom. The Bertz CT molecular complexity index is 832. The number of rotatable bonds is 4. The molecule has 1 fully saturated rings. The van der Waals surface area contributed by atoms with Crippen LogP contribution < -0.4 is 10.2 Å². The number of carbonyl (C=O) groups is 2. The molecule has 26 heavy (non-hydrogen) atoms. The predicted octanol–water partition coefficient (Wildman–Crippen LogP) is 2.42. The number of benzene rings is 1. The molecule has 1 N–H and O–H groups in total. The van der Waals surface area contributed by atoms with Gasteiger partial charge in [-0.05, 0) is 31.4 Å². The molecule has 3 amide bonds. The number of fused-ring (bicyclic) bond motifs is 1. The van der Waals surface area contributed by atoms with Gasteiger partial charge in [-0.3, -0.25) is 4.79 Å². The molecule has 7 nitrogen and oxygen atoms in total. The van der Waals surface area contributed by atoms with Crippen LogP contribution in [0.2, 0.25) is 0 Å². The molecule has 1 saturated heterocycles. The van der Waals surface area contributed by atoms with Gasteiger partial charge in [-0.25, -0.2) is 4.79 Å². The molecule has 7 heteroatoms. The van der Waals surface area contributed by atoms with Crippen molar-refractivity contribution in [2.45, 2.75) is 32.2 Å². The molecule has 4 rings (SSSR count). The van der Waals surface area contributed by atoms with Crippen LogP contribution in [0.25, 0.3) is 0 Å². The first-order chi connectivity index (χ1) is 12.6. The van der Waals surface area contributed by atoms with Gasteiger partial charge in [-0.15, -0.1) is 0 Å². The van der Waals surface area contributed by atoms with Gasteiger partial charge in [0.2, 0.25) is 5.91 Å². The molecule has 0 spiro atoms. The van der Waals surface area contributed by atoms with Crippen molar-refractivity contribution in [3.63, 3.8) is 0 Å². The summed E-state index contributed by atoms with van der Waals surface area (Å²) in [7, 11) is 0. The summed E-state index contributed by atoms with van der Waals surface area (Å²) >= 11 is 0. The third kappa shape index (κ3) is 3.05. The zero-order valence-corrected chi connectivity index (χ0v) is 14.8. The maximum absolute atomic E-state index is 12.6. The minimum atomic E-state index is -0.124. The number of anilines is 1. The molecule has 1 unspecified atom stereocenters. The van der Waals surface area contributed by atoms with Crippen LogP contribution >= 0.6 is 0 Å². The molecule has 1 aromatic heterocycles. The van der Waals surface area contributed by atoms with E-state index < -0.39 is 0 Å². The Kier molecular flexibility index (Phi) is 4.36. The van der Waals surface area contributed by atoms with Gasteiger partial charge in [0.15, 0.2) is 5.76 Å². The highest BCUT2D eigenvalue weighted by Crippen LogP contribution is 2.32. The zero-order chi connectivity index (χ0) is 18.1. The van der Waals surface area contributed by atoms with E-state index in [1.165, 1.54) is 0 Å². The number of para-hydroxylation sites is 1. The first-order valence-electron chi connectivity index (χ1n) is 8.99. The molecule has 1 aromatic carbocycles. The lowest BCUT2D eigenvalue weighted by molar-refractivity contribution is -0.117. The molecular weight excluding hydrogens is 332 g/mol. The van der Waals surface area contributed by atoms with E-state index in [1.54, 1.807) is 9.80 Å². The molecule has 0 bridgehead atoms. The molecule has 0 radical (unpaired) electrons. The van der Waals surface area contributed by atoms with Crippen molar-refractivity contribution >= 4 is 17.6 Å². The normalized spacial score (nSPS) is 19.1. The van der Waals surface area contributed by atoms with Crippen molar-refractivity contribution in [3.8, 4) is 0 Å². The van der Waals surface area contributed by atoms with E-state index in [-0.39, 0.29) is 18.0 Å². The smallest absolute Gasteiger partial charge is 0.318 e. The maximum Gasteiger partial charge on any atom is 0.318 e. The Balaban J connectivity index is 1.35. The SMILES string of the molecule is Cc1cc(C2CCCN2C(=O)NCCN2C(=O)Cc3ccccc32)on1. The van der Waals surface area contributed by atoms with Crippen LogP contribution in [-0.2, 0) is 11.2 Å². The van der Waals surface area contributed by atoms with E-state index in [1.807, 2.05) is 37.3 Å². The Labute approximate surface area is 151 Å². The summed E-state index contributed by atoms with van der Waals surface area (Å²) in [6, 6.07) is 9.49. The first-order valence-corrected chi connectivity index (χ1v) is 8.99. The molecule has 2 aliphatic rings. The Hall–Kier alpha value is -2.83. The largest absolute Gasteiger partial charge is 0.359 e. The summed E-state index contributed by atoms with van der Waals surface area (Å²) in [5, 5.41) is 6.86. The lowest BCUT2D eigenvalue weighted by Crippen LogP contribution is -2.43. The second-order valence-corrected chi connectivity index (χ2v) is 6.80. The van der Waals surface area contributed by atoms with Crippen molar-refractivity contribution in [2.24, 2.45) is 0 Å². The van der Waals surface area contributed by atoms with E-state index in [9.17, 15) is 9.59 Å². The average molecular weight is 354 g/mol. The van der Waals surface area contributed by atoms with Crippen molar-refractivity contribution in [1.29, 1.82) is 0 Å². The lowest BCUT2D eigenvalue weighted by Gasteiger charge is -2.24. The predicted molar refractivity (Wildman–Crippen MR) is 95.8 cm³/mol. The molecule has 2 aliphatic heterocycles. The highest BCUT2D eigenvalue weighted by Gasteiger charge is 2.33. The van der Waals surface area contributed by atoms with E-state index in [4.69, 9.17) is 4.52 Å². The van der Waals surface area contributed by atoms with Gasteiger partial charge in [0.1, 0.15) is 0 Å². The summed E-state index contributed by atoms with van der Waals surface area (Å²) < 4.78 is 5.34. The number of aryl methyl sites for hydroxylation is 1. The van der Waals surface area contributed by atoms with Crippen LogP contribution in [0.15, 0.2) is 34.9 Å². The summed E-state index contributed by atoms with van der Waals surface area (Å²) in [6.07, 6.45) is 2.25. The first kappa shape index (κ1) is 16.6. The van der Waals surface area contributed by atoms with Crippen LogP contribution in [-0.4, -0.2) is 41.6 Å². The third-order valence-electron chi connectivity index (χ3n) is 5.03. The number of nitrogens with zero attached hydrogens (tertiary/aromatic N) is 3. The van der Waals surface area contributed by atoms with Gasteiger partial charge in [-0.2, -0.15) is 0 Å². The van der Waals surface area contributed by atoms with Crippen molar-refractivity contribution in [3.05, 3.63) is 47.3 Å². The minimum absolute atomic E-state index is 0.0645. The quantitative estimate of drug-likeness (QED) is 0.915. The van der Waals surface area contributed by atoms with Crippen LogP contribution in [0, 0.1) is 6.92 Å². The maximum atomic E-state index is 12.6. The number of hydrogen-bond donors (Lipinski definition) is 1. The summed E-state index contributed by atoms with van der Waals surface area (Å²) in [5.41, 5.74) is 2.81. The molecule has 0 saturated carbocycles. The number of likely N-dealkylation sites (tertiary alicyclic amines) is 1. The van der Waals surface area contributed by atoms with Crippen molar-refractivity contribution in [2.75, 3.05) is 24.5 Å². The number of carbonyl (C=O) groups excluding carboxylic acids is 2. The Morgan fingerprint density at radius 3 is 3.04 bits per heavy atom. The van der Waals surface area contributed by atoms with E-state index in [2.05, 4.69) is 10.5 Å².